The van der Waals surface area contributed by atoms with E-state index in [1.807, 2.05) is 41.8 Å². The lowest BCUT2D eigenvalue weighted by Crippen LogP contribution is -1.99. The first-order chi connectivity index (χ1) is 11.7. The lowest BCUT2D eigenvalue weighted by Gasteiger charge is -2.04. The second-order valence-corrected chi connectivity index (χ2v) is 6.13. The number of halogens is 1. The number of imidazole rings is 1. The van der Waals surface area contributed by atoms with Gasteiger partial charge in [-0.25, -0.2) is 9.61 Å². The standard InChI is InChI=1S/C16H13BrN6O/c1-2-23-11-6-7-19-12(9-4-3-5-10(17)8-9)13(11)20-16(23)14-15(18)22-24-21-14/h3-8H,2H2,1H3,(H2,18,22). The fourth-order valence-corrected chi connectivity index (χ4v) is 3.15. The average Bonchev–Trinajstić information content (AvgIpc) is 3.17. The molecule has 0 bridgehead atoms. The van der Waals surface area contributed by atoms with Crippen LogP contribution in [0.25, 0.3) is 33.8 Å². The lowest BCUT2D eigenvalue weighted by molar-refractivity contribution is 0.310. The van der Waals surface area contributed by atoms with Gasteiger partial charge in [0.2, 0.25) is 0 Å². The Morgan fingerprint density at radius 3 is 2.79 bits per heavy atom. The van der Waals surface area contributed by atoms with Crippen LogP contribution in [0.1, 0.15) is 6.92 Å². The van der Waals surface area contributed by atoms with E-state index in [2.05, 4.69) is 31.2 Å². The molecule has 0 unspecified atom stereocenters. The normalized spacial score (nSPS) is 11.2. The van der Waals surface area contributed by atoms with Crippen molar-refractivity contribution in [1.29, 1.82) is 0 Å². The molecule has 120 valence electrons. The summed E-state index contributed by atoms with van der Waals surface area (Å²) in [7, 11) is 0. The van der Waals surface area contributed by atoms with Gasteiger partial charge < -0.3 is 10.3 Å². The van der Waals surface area contributed by atoms with Gasteiger partial charge in [0.25, 0.3) is 0 Å². The van der Waals surface area contributed by atoms with Gasteiger partial charge in [-0.15, -0.1) is 0 Å². The number of anilines is 1. The summed E-state index contributed by atoms with van der Waals surface area (Å²) < 4.78 is 7.73. The number of rotatable bonds is 3. The van der Waals surface area contributed by atoms with Gasteiger partial charge in [0, 0.05) is 22.8 Å². The number of nitrogens with zero attached hydrogens (tertiary/aromatic N) is 5. The molecule has 3 heterocycles. The second-order valence-electron chi connectivity index (χ2n) is 5.22. The molecule has 0 aliphatic rings. The molecule has 4 rings (SSSR count). The molecule has 7 nitrogen and oxygen atoms in total. The Hall–Kier alpha value is -2.74. The first-order valence-electron chi connectivity index (χ1n) is 7.38. The number of nitrogens with two attached hydrogens (primary N) is 1. The van der Waals surface area contributed by atoms with Gasteiger partial charge in [-0.1, -0.05) is 28.1 Å². The number of aromatic nitrogens is 5. The summed E-state index contributed by atoms with van der Waals surface area (Å²) in [5.41, 5.74) is 9.81. The summed E-state index contributed by atoms with van der Waals surface area (Å²) in [6.45, 7) is 2.74. The summed E-state index contributed by atoms with van der Waals surface area (Å²) in [5, 5.41) is 7.53. The summed E-state index contributed by atoms with van der Waals surface area (Å²) >= 11 is 3.50. The molecule has 8 heteroatoms. The monoisotopic (exact) mass is 384 g/mol. The van der Waals surface area contributed by atoms with Crippen LogP contribution in [0, 0.1) is 0 Å². The van der Waals surface area contributed by atoms with E-state index in [0.29, 0.717) is 18.1 Å². The molecule has 0 saturated carbocycles. The average molecular weight is 385 g/mol. The molecule has 0 amide bonds. The van der Waals surface area contributed by atoms with Crippen LogP contribution in [-0.4, -0.2) is 24.8 Å². The third-order valence-electron chi connectivity index (χ3n) is 3.81. The fraction of sp³-hybridized carbons (Fsp3) is 0.125. The van der Waals surface area contributed by atoms with Crippen LogP contribution in [0.5, 0.6) is 0 Å². The predicted octanol–water partition coefficient (Wildman–Crippen LogP) is 3.51. The number of hydrogen-bond acceptors (Lipinski definition) is 6. The number of benzene rings is 1. The first-order valence-corrected chi connectivity index (χ1v) is 8.18. The Balaban J connectivity index is 2.02. The highest BCUT2D eigenvalue weighted by Gasteiger charge is 2.20. The molecular weight excluding hydrogens is 372 g/mol. The van der Waals surface area contributed by atoms with Crippen molar-refractivity contribution >= 4 is 32.8 Å². The van der Waals surface area contributed by atoms with Gasteiger partial charge in [-0.05, 0) is 35.4 Å². The highest BCUT2D eigenvalue weighted by Crippen LogP contribution is 2.32. The minimum atomic E-state index is 0.219. The molecule has 0 fully saturated rings. The van der Waals surface area contributed by atoms with E-state index >= 15 is 0 Å². The van der Waals surface area contributed by atoms with Crippen LogP contribution in [0.4, 0.5) is 5.82 Å². The van der Waals surface area contributed by atoms with Crippen molar-refractivity contribution in [3.8, 4) is 22.8 Å². The van der Waals surface area contributed by atoms with E-state index < -0.39 is 0 Å². The van der Waals surface area contributed by atoms with Crippen molar-refractivity contribution in [3.63, 3.8) is 0 Å². The van der Waals surface area contributed by atoms with Crippen LogP contribution in [-0.2, 0) is 6.54 Å². The largest absolute Gasteiger partial charge is 0.379 e. The quantitative estimate of drug-likeness (QED) is 0.580. The highest BCUT2D eigenvalue weighted by atomic mass is 79.9. The molecule has 0 aliphatic carbocycles. The molecule has 0 saturated heterocycles. The SMILES string of the molecule is CCn1c(-c2nonc2N)nc2c(-c3cccc(Br)c3)nccc21. The second kappa shape index (κ2) is 5.72. The van der Waals surface area contributed by atoms with E-state index in [4.69, 9.17) is 15.3 Å². The number of nitrogen functional groups attached to an aromatic ring is 1. The maximum Gasteiger partial charge on any atom is 0.199 e. The first kappa shape index (κ1) is 14.8. The van der Waals surface area contributed by atoms with Gasteiger partial charge in [-0.3, -0.25) is 4.98 Å². The van der Waals surface area contributed by atoms with Crippen molar-refractivity contribution in [1.82, 2.24) is 24.8 Å². The number of fused-ring (bicyclic) bond motifs is 1. The van der Waals surface area contributed by atoms with Crippen LogP contribution < -0.4 is 5.73 Å². The van der Waals surface area contributed by atoms with E-state index in [-0.39, 0.29) is 5.82 Å². The molecule has 4 aromatic rings. The summed E-state index contributed by atoms with van der Waals surface area (Å²) in [6.07, 6.45) is 1.78. The van der Waals surface area contributed by atoms with Gasteiger partial charge in [0.1, 0.15) is 5.52 Å². The molecule has 0 aliphatic heterocycles. The molecule has 3 aromatic heterocycles. The molecule has 2 N–H and O–H groups in total. The van der Waals surface area contributed by atoms with Crippen LogP contribution in [0.15, 0.2) is 45.6 Å². The highest BCUT2D eigenvalue weighted by molar-refractivity contribution is 9.10. The summed E-state index contributed by atoms with van der Waals surface area (Å²) in [5.74, 6) is 0.840. The van der Waals surface area contributed by atoms with Crippen LogP contribution >= 0.6 is 15.9 Å². The molecule has 24 heavy (non-hydrogen) atoms. The predicted molar refractivity (Wildman–Crippen MR) is 94.0 cm³/mol. The van der Waals surface area contributed by atoms with Crippen molar-refractivity contribution in [3.05, 3.63) is 41.0 Å². The molecule has 0 spiro atoms. The zero-order valence-electron chi connectivity index (χ0n) is 12.8. The Labute approximate surface area is 145 Å². The molecular formula is C16H13BrN6O. The maximum atomic E-state index is 5.84. The minimum Gasteiger partial charge on any atom is -0.379 e. The topological polar surface area (TPSA) is 95.7 Å². The molecule has 0 atom stereocenters. The fourth-order valence-electron chi connectivity index (χ4n) is 2.75. The molecule has 0 radical (unpaired) electrons. The van der Waals surface area contributed by atoms with E-state index in [9.17, 15) is 0 Å². The van der Waals surface area contributed by atoms with Gasteiger partial charge >= 0.3 is 0 Å². The van der Waals surface area contributed by atoms with Crippen molar-refractivity contribution < 1.29 is 4.63 Å². The zero-order chi connectivity index (χ0) is 16.7. The van der Waals surface area contributed by atoms with Crippen LogP contribution in [0.3, 0.4) is 0 Å². The third-order valence-corrected chi connectivity index (χ3v) is 4.30. The lowest BCUT2D eigenvalue weighted by atomic mass is 10.1. The number of pyridine rings is 1. The van der Waals surface area contributed by atoms with Crippen molar-refractivity contribution in [2.45, 2.75) is 13.5 Å². The Bertz CT molecular complexity index is 1040. The maximum absolute atomic E-state index is 5.84. The Morgan fingerprint density at radius 1 is 1.21 bits per heavy atom. The van der Waals surface area contributed by atoms with Gasteiger partial charge in [0.15, 0.2) is 17.3 Å². The van der Waals surface area contributed by atoms with E-state index in [1.165, 1.54) is 0 Å². The minimum absolute atomic E-state index is 0.219. The van der Waals surface area contributed by atoms with Crippen LogP contribution in [0.2, 0.25) is 0 Å². The number of hydrogen-bond donors (Lipinski definition) is 1. The Morgan fingerprint density at radius 2 is 2.08 bits per heavy atom. The van der Waals surface area contributed by atoms with E-state index in [1.54, 1.807) is 6.20 Å². The summed E-state index contributed by atoms with van der Waals surface area (Å²) in [6, 6.07) is 9.89. The van der Waals surface area contributed by atoms with E-state index in [0.717, 1.165) is 26.8 Å². The third kappa shape index (κ3) is 2.26. The van der Waals surface area contributed by atoms with Crippen molar-refractivity contribution in [2.75, 3.05) is 5.73 Å². The van der Waals surface area contributed by atoms with Crippen molar-refractivity contribution in [2.24, 2.45) is 0 Å². The number of aryl methyl sites for hydroxylation is 1. The summed E-state index contributed by atoms with van der Waals surface area (Å²) in [4.78, 5) is 9.26. The smallest absolute Gasteiger partial charge is 0.199 e. The molecule has 1 aromatic carbocycles. The van der Waals surface area contributed by atoms with Gasteiger partial charge in [-0.2, -0.15) is 0 Å². The van der Waals surface area contributed by atoms with Gasteiger partial charge in [0.05, 0.1) is 11.2 Å². The zero-order valence-corrected chi connectivity index (χ0v) is 14.4. The Kier molecular flexibility index (Phi) is 3.53.